The fourth-order valence-electron chi connectivity index (χ4n) is 4.07. The lowest BCUT2D eigenvalue weighted by atomic mass is 9.78. The summed E-state index contributed by atoms with van der Waals surface area (Å²) in [4.78, 5) is 13.3. The summed E-state index contributed by atoms with van der Waals surface area (Å²) in [5.74, 6) is -0.549. The lowest BCUT2D eigenvalue weighted by molar-refractivity contribution is -0.128. The fourth-order valence-corrected chi connectivity index (χ4v) is 4.07. The Hall–Kier alpha value is -2.24. The molecule has 1 saturated heterocycles. The van der Waals surface area contributed by atoms with Gasteiger partial charge in [-0.1, -0.05) is 48.5 Å². The number of aliphatic hydroxyl groups excluding tert-OH is 1. The van der Waals surface area contributed by atoms with Crippen molar-refractivity contribution in [3.05, 3.63) is 71.5 Å². The van der Waals surface area contributed by atoms with Crippen LogP contribution in [0.3, 0.4) is 0 Å². The Balaban J connectivity index is 1.69. The van der Waals surface area contributed by atoms with Crippen LogP contribution in [0.15, 0.2) is 54.6 Å². The predicted molar refractivity (Wildman–Crippen MR) is 97.1 cm³/mol. The van der Waals surface area contributed by atoms with Crippen molar-refractivity contribution >= 4 is 5.91 Å². The molecule has 2 atom stereocenters. The monoisotopic (exact) mass is 354 g/mol. The van der Waals surface area contributed by atoms with Crippen LogP contribution in [-0.4, -0.2) is 30.2 Å². The molecule has 26 heavy (non-hydrogen) atoms. The number of nitrogens with one attached hydrogen (secondary N) is 2. The van der Waals surface area contributed by atoms with Crippen molar-refractivity contribution in [3.63, 3.8) is 0 Å². The number of piperidine rings is 1. The maximum Gasteiger partial charge on any atom is 0.231 e. The first-order valence-electron chi connectivity index (χ1n) is 9.10. The van der Waals surface area contributed by atoms with Crippen LogP contribution in [0.1, 0.15) is 30.4 Å². The molecular weight excluding hydrogens is 331 g/mol. The Bertz CT molecular complexity index is 807. The van der Waals surface area contributed by atoms with Crippen LogP contribution in [0.5, 0.6) is 0 Å². The first kappa shape index (κ1) is 17.2. The lowest BCUT2D eigenvalue weighted by Gasteiger charge is -2.43. The minimum Gasteiger partial charge on any atom is -0.389 e. The summed E-state index contributed by atoms with van der Waals surface area (Å²) in [5, 5.41) is 17.1. The maximum atomic E-state index is 14.3. The summed E-state index contributed by atoms with van der Waals surface area (Å²) in [6.45, 7) is 1.10. The molecule has 2 aromatic rings. The van der Waals surface area contributed by atoms with E-state index >= 15 is 0 Å². The molecule has 0 aromatic heterocycles. The van der Waals surface area contributed by atoms with Crippen LogP contribution in [-0.2, 0) is 15.7 Å². The molecule has 0 radical (unpaired) electrons. The molecule has 4 nitrogen and oxygen atoms in total. The normalized spacial score (nSPS) is 26.9. The Morgan fingerprint density at radius 3 is 2.42 bits per heavy atom. The standard InChI is InChI=1S/C21H23FN2O2/c22-17-9-5-4-8-16(17)20(10-11-20)19(26)24-21(12-13-23-14-18(21)25)15-6-2-1-3-7-15/h1-9,18,23,25H,10-14H2,(H,24,26)/t18-,21+/m1/s1. The van der Waals surface area contributed by atoms with Crippen LogP contribution >= 0.6 is 0 Å². The fraction of sp³-hybridized carbons (Fsp3) is 0.381. The maximum absolute atomic E-state index is 14.3. The second-order valence-corrected chi connectivity index (χ2v) is 7.32. The SMILES string of the molecule is O=C(N[C@]1(c2ccccc2)CCNC[C@H]1O)C1(c2ccccc2F)CC1. The molecule has 4 rings (SSSR count). The highest BCUT2D eigenvalue weighted by Gasteiger charge is 2.55. The molecule has 2 aliphatic rings. The van der Waals surface area contributed by atoms with Crippen LogP contribution in [0.25, 0.3) is 0 Å². The molecule has 1 amide bonds. The van der Waals surface area contributed by atoms with E-state index in [2.05, 4.69) is 10.6 Å². The van der Waals surface area contributed by atoms with E-state index in [1.165, 1.54) is 6.07 Å². The Morgan fingerprint density at radius 1 is 1.08 bits per heavy atom. The molecule has 1 saturated carbocycles. The van der Waals surface area contributed by atoms with Crippen LogP contribution < -0.4 is 10.6 Å². The number of carbonyl (C=O) groups is 1. The van der Waals surface area contributed by atoms with E-state index in [1.807, 2.05) is 30.3 Å². The van der Waals surface area contributed by atoms with Crippen molar-refractivity contribution in [2.75, 3.05) is 13.1 Å². The van der Waals surface area contributed by atoms with Gasteiger partial charge in [0.05, 0.1) is 17.1 Å². The molecule has 0 bridgehead atoms. The summed E-state index contributed by atoms with van der Waals surface area (Å²) in [5.41, 5.74) is -0.349. The summed E-state index contributed by atoms with van der Waals surface area (Å²) in [6.07, 6.45) is 1.08. The first-order valence-corrected chi connectivity index (χ1v) is 9.10. The smallest absolute Gasteiger partial charge is 0.231 e. The molecule has 136 valence electrons. The van der Waals surface area contributed by atoms with Crippen molar-refractivity contribution in [1.82, 2.24) is 10.6 Å². The van der Waals surface area contributed by atoms with Crippen LogP contribution in [0, 0.1) is 5.82 Å². The van der Waals surface area contributed by atoms with E-state index in [1.54, 1.807) is 18.2 Å². The van der Waals surface area contributed by atoms with E-state index in [4.69, 9.17) is 0 Å². The molecule has 1 heterocycles. The molecule has 0 spiro atoms. The van der Waals surface area contributed by atoms with Gasteiger partial charge in [-0.25, -0.2) is 4.39 Å². The zero-order valence-corrected chi connectivity index (χ0v) is 14.5. The van der Waals surface area contributed by atoms with Gasteiger partial charge in [-0.3, -0.25) is 4.79 Å². The number of aliphatic hydroxyl groups is 1. The third kappa shape index (κ3) is 2.72. The van der Waals surface area contributed by atoms with Gasteiger partial charge >= 0.3 is 0 Å². The molecule has 1 aliphatic heterocycles. The van der Waals surface area contributed by atoms with Crippen molar-refractivity contribution in [2.24, 2.45) is 0 Å². The van der Waals surface area contributed by atoms with Gasteiger partial charge in [0.2, 0.25) is 5.91 Å². The molecular formula is C21H23FN2O2. The summed E-state index contributed by atoms with van der Waals surface area (Å²) >= 11 is 0. The second kappa shape index (κ2) is 6.49. The van der Waals surface area contributed by atoms with Gasteiger partial charge in [-0.05, 0) is 37.4 Å². The lowest BCUT2D eigenvalue weighted by Crippen LogP contribution is -2.62. The molecule has 0 unspecified atom stereocenters. The van der Waals surface area contributed by atoms with E-state index in [9.17, 15) is 14.3 Å². The number of hydrogen-bond donors (Lipinski definition) is 3. The molecule has 2 fully saturated rings. The van der Waals surface area contributed by atoms with Crippen LogP contribution in [0.2, 0.25) is 0 Å². The molecule has 3 N–H and O–H groups in total. The topological polar surface area (TPSA) is 61.4 Å². The van der Waals surface area contributed by atoms with E-state index in [0.29, 0.717) is 37.9 Å². The number of rotatable bonds is 4. The summed E-state index contributed by atoms with van der Waals surface area (Å²) in [6, 6.07) is 16.1. The number of halogens is 1. The van der Waals surface area contributed by atoms with E-state index in [0.717, 1.165) is 5.56 Å². The Labute approximate surface area is 152 Å². The highest BCUT2D eigenvalue weighted by atomic mass is 19.1. The van der Waals surface area contributed by atoms with Crippen molar-refractivity contribution in [3.8, 4) is 0 Å². The average molecular weight is 354 g/mol. The van der Waals surface area contributed by atoms with Crippen LogP contribution in [0.4, 0.5) is 4.39 Å². The Morgan fingerprint density at radius 2 is 1.77 bits per heavy atom. The average Bonchev–Trinajstić information content (AvgIpc) is 3.47. The number of hydrogen-bond acceptors (Lipinski definition) is 3. The predicted octanol–water partition coefficient (Wildman–Crippen LogP) is 2.22. The number of benzene rings is 2. The molecule has 2 aromatic carbocycles. The van der Waals surface area contributed by atoms with Crippen molar-refractivity contribution in [2.45, 2.75) is 36.3 Å². The van der Waals surface area contributed by atoms with Gasteiger partial charge in [0.1, 0.15) is 5.82 Å². The van der Waals surface area contributed by atoms with Gasteiger partial charge in [-0.15, -0.1) is 0 Å². The third-order valence-corrected chi connectivity index (χ3v) is 5.80. The Kier molecular flexibility index (Phi) is 4.29. The number of carbonyl (C=O) groups excluding carboxylic acids is 1. The minimum atomic E-state index is -0.857. The number of amides is 1. The minimum absolute atomic E-state index is 0.201. The summed E-state index contributed by atoms with van der Waals surface area (Å²) < 4.78 is 14.3. The quantitative estimate of drug-likeness (QED) is 0.789. The molecule has 1 aliphatic carbocycles. The van der Waals surface area contributed by atoms with Gasteiger partial charge in [-0.2, -0.15) is 0 Å². The van der Waals surface area contributed by atoms with Gasteiger partial charge < -0.3 is 15.7 Å². The molecule has 5 heteroatoms. The third-order valence-electron chi connectivity index (χ3n) is 5.80. The first-order chi connectivity index (χ1) is 12.6. The summed E-state index contributed by atoms with van der Waals surface area (Å²) in [7, 11) is 0. The highest BCUT2D eigenvalue weighted by molar-refractivity contribution is 5.92. The van der Waals surface area contributed by atoms with E-state index in [-0.39, 0.29) is 11.7 Å². The van der Waals surface area contributed by atoms with Crippen molar-refractivity contribution in [1.29, 1.82) is 0 Å². The van der Waals surface area contributed by atoms with E-state index < -0.39 is 17.1 Å². The number of β-amino-alcohol motifs (C(OH)–C–C–N with tert-alkyl or cyclic N) is 1. The zero-order chi connectivity index (χ0) is 18.2. The zero-order valence-electron chi connectivity index (χ0n) is 14.5. The van der Waals surface area contributed by atoms with Gasteiger partial charge in [0.15, 0.2) is 0 Å². The highest BCUT2D eigenvalue weighted by Crippen LogP contribution is 2.50. The van der Waals surface area contributed by atoms with Gasteiger partial charge in [0, 0.05) is 12.1 Å². The second-order valence-electron chi connectivity index (χ2n) is 7.32. The van der Waals surface area contributed by atoms with Gasteiger partial charge in [0.25, 0.3) is 0 Å². The largest absolute Gasteiger partial charge is 0.389 e. The van der Waals surface area contributed by atoms with Crippen molar-refractivity contribution < 1.29 is 14.3 Å².